The first kappa shape index (κ1) is 11.1. The summed E-state index contributed by atoms with van der Waals surface area (Å²) in [6.45, 7) is 1.78. The van der Waals surface area contributed by atoms with E-state index in [0.29, 0.717) is 13.0 Å². The van der Waals surface area contributed by atoms with Crippen molar-refractivity contribution in [1.82, 2.24) is 0 Å². The molecule has 0 aliphatic carbocycles. The molecule has 2 rings (SSSR count). The molecule has 0 radical (unpaired) electrons. The molecule has 86 valence electrons. The van der Waals surface area contributed by atoms with E-state index in [4.69, 9.17) is 9.47 Å². The summed E-state index contributed by atoms with van der Waals surface area (Å²) < 4.78 is 23.3. The molecular weight excluding hydrogens is 211 g/mol. The Labute approximate surface area is 93.2 Å². The monoisotopic (exact) mass is 224 g/mol. The molecule has 2 atom stereocenters. The maximum absolute atomic E-state index is 12.7. The van der Waals surface area contributed by atoms with Gasteiger partial charge in [0.1, 0.15) is 11.9 Å². The van der Waals surface area contributed by atoms with Crippen molar-refractivity contribution in [2.75, 3.05) is 6.61 Å². The molecule has 0 saturated carbocycles. The molecular formula is C12H13FO3. The Morgan fingerprint density at radius 3 is 2.75 bits per heavy atom. The normalized spacial score (nSPS) is 24.4. The van der Waals surface area contributed by atoms with Gasteiger partial charge in [0.05, 0.1) is 12.7 Å². The number of carbonyl (C=O) groups excluding carboxylic acids is 1. The fraction of sp³-hybridized carbons (Fsp3) is 0.417. The van der Waals surface area contributed by atoms with Gasteiger partial charge in [-0.25, -0.2) is 4.39 Å². The predicted molar refractivity (Wildman–Crippen MR) is 55.3 cm³/mol. The summed E-state index contributed by atoms with van der Waals surface area (Å²) in [5.74, 6) is -0.563. The fourth-order valence-corrected chi connectivity index (χ4v) is 1.82. The van der Waals surface area contributed by atoms with E-state index in [0.717, 1.165) is 5.56 Å². The highest BCUT2D eigenvalue weighted by Gasteiger charge is 2.28. The van der Waals surface area contributed by atoms with Crippen molar-refractivity contribution < 1.29 is 18.7 Å². The molecule has 4 heteroatoms. The van der Waals surface area contributed by atoms with E-state index in [9.17, 15) is 9.18 Å². The molecule has 1 aromatic rings. The largest absolute Gasteiger partial charge is 0.460 e. The van der Waals surface area contributed by atoms with E-state index < -0.39 is 0 Å². The number of esters is 1. The van der Waals surface area contributed by atoms with Crippen LogP contribution in [0.1, 0.15) is 25.0 Å². The van der Waals surface area contributed by atoms with Gasteiger partial charge in [-0.05, 0) is 17.7 Å². The third-order valence-corrected chi connectivity index (χ3v) is 2.53. The van der Waals surface area contributed by atoms with Gasteiger partial charge in [-0.3, -0.25) is 4.79 Å². The van der Waals surface area contributed by atoms with Crippen LogP contribution >= 0.6 is 0 Å². The highest BCUT2D eigenvalue weighted by atomic mass is 19.1. The molecule has 1 heterocycles. The minimum absolute atomic E-state index is 0.107. The van der Waals surface area contributed by atoms with Crippen molar-refractivity contribution in [3.05, 3.63) is 35.6 Å². The van der Waals surface area contributed by atoms with Crippen LogP contribution in [-0.2, 0) is 14.3 Å². The number of rotatable bonds is 2. The lowest BCUT2D eigenvalue weighted by atomic mass is 10.1. The van der Waals surface area contributed by atoms with Crippen LogP contribution in [0.2, 0.25) is 0 Å². The number of halogens is 1. The SMILES string of the molecule is CC(=O)O[C@@H]1CO[C@H](c2ccc(F)cc2)C1. The maximum Gasteiger partial charge on any atom is 0.302 e. The highest BCUT2D eigenvalue weighted by Crippen LogP contribution is 2.30. The Morgan fingerprint density at radius 2 is 2.12 bits per heavy atom. The third kappa shape index (κ3) is 2.58. The summed E-state index contributed by atoms with van der Waals surface area (Å²) in [6.07, 6.45) is 0.336. The van der Waals surface area contributed by atoms with Crippen molar-refractivity contribution in [3.63, 3.8) is 0 Å². The van der Waals surface area contributed by atoms with Gasteiger partial charge >= 0.3 is 5.97 Å². The molecule has 3 nitrogen and oxygen atoms in total. The van der Waals surface area contributed by atoms with Gasteiger partial charge in [0.2, 0.25) is 0 Å². The Morgan fingerprint density at radius 1 is 1.44 bits per heavy atom. The highest BCUT2D eigenvalue weighted by molar-refractivity contribution is 5.66. The number of ether oxygens (including phenoxy) is 2. The zero-order valence-corrected chi connectivity index (χ0v) is 8.98. The van der Waals surface area contributed by atoms with Crippen LogP contribution in [0.3, 0.4) is 0 Å². The number of carbonyl (C=O) groups is 1. The Kier molecular flexibility index (Phi) is 3.19. The molecule has 0 bridgehead atoms. The quantitative estimate of drug-likeness (QED) is 0.722. The molecule has 0 spiro atoms. The Balaban J connectivity index is 1.98. The fourth-order valence-electron chi connectivity index (χ4n) is 1.82. The maximum atomic E-state index is 12.7. The lowest BCUT2D eigenvalue weighted by Crippen LogP contribution is -2.15. The van der Waals surface area contributed by atoms with E-state index in [1.165, 1.54) is 19.1 Å². The van der Waals surface area contributed by atoms with E-state index >= 15 is 0 Å². The zero-order chi connectivity index (χ0) is 11.5. The number of hydrogen-bond donors (Lipinski definition) is 0. The van der Waals surface area contributed by atoms with E-state index in [-0.39, 0.29) is 24.0 Å². The molecule has 1 aliphatic heterocycles. The average Bonchev–Trinajstić information content (AvgIpc) is 2.66. The van der Waals surface area contributed by atoms with Gasteiger partial charge in [0.15, 0.2) is 0 Å². The van der Waals surface area contributed by atoms with Crippen molar-refractivity contribution in [2.45, 2.75) is 25.6 Å². The van der Waals surface area contributed by atoms with Crippen LogP contribution in [0.15, 0.2) is 24.3 Å². The molecule has 16 heavy (non-hydrogen) atoms. The van der Waals surface area contributed by atoms with Crippen LogP contribution < -0.4 is 0 Å². The molecule has 1 fully saturated rings. The summed E-state index contributed by atoms with van der Waals surface area (Å²) in [5, 5.41) is 0. The minimum atomic E-state index is -0.298. The molecule has 0 amide bonds. The van der Waals surface area contributed by atoms with E-state index in [1.54, 1.807) is 12.1 Å². The van der Waals surface area contributed by atoms with Crippen molar-refractivity contribution in [1.29, 1.82) is 0 Å². The van der Waals surface area contributed by atoms with Gasteiger partial charge in [0, 0.05) is 13.3 Å². The average molecular weight is 224 g/mol. The molecule has 0 N–H and O–H groups in total. The van der Waals surface area contributed by atoms with Crippen LogP contribution in [0.4, 0.5) is 4.39 Å². The Bertz CT molecular complexity index is 374. The lowest BCUT2D eigenvalue weighted by molar-refractivity contribution is -0.146. The molecule has 1 saturated heterocycles. The number of hydrogen-bond acceptors (Lipinski definition) is 3. The van der Waals surface area contributed by atoms with Crippen molar-refractivity contribution in [3.8, 4) is 0 Å². The van der Waals surface area contributed by atoms with Gasteiger partial charge in [-0.2, -0.15) is 0 Å². The zero-order valence-electron chi connectivity index (χ0n) is 8.98. The lowest BCUT2D eigenvalue weighted by Gasteiger charge is -2.09. The molecule has 1 aromatic carbocycles. The second kappa shape index (κ2) is 4.61. The van der Waals surface area contributed by atoms with Crippen LogP contribution in [0.25, 0.3) is 0 Å². The summed E-state index contributed by atoms with van der Waals surface area (Å²) in [6, 6.07) is 6.18. The first-order chi connectivity index (χ1) is 7.65. The second-order valence-electron chi connectivity index (χ2n) is 3.84. The van der Waals surface area contributed by atoms with Gasteiger partial charge in [0.25, 0.3) is 0 Å². The van der Waals surface area contributed by atoms with Crippen LogP contribution in [0.5, 0.6) is 0 Å². The summed E-state index contributed by atoms with van der Waals surface area (Å²) in [7, 11) is 0. The van der Waals surface area contributed by atoms with E-state index in [1.807, 2.05) is 0 Å². The van der Waals surface area contributed by atoms with E-state index in [2.05, 4.69) is 0 Å². The second-order valence-corrected chi connectivity index (χ2v) is 3.84. The summed E-state index contributed by atoms with van der Waals surface area (Å²) in [5.41, 5.74) is 0.913. The predicted octanol–water partition coefficient (Wildman–Crippen LogP) is 2.22. The van der Waals surface area contributed by atoms with Crippen molar-refractivity contribution in [2.24, 2.45) is 0 Å². The summed E-state index contributed by atoms with van der Waals surface area (Å²) in [4.78, 5) is 10.8. The molecule has 1 aliphatic rings. The summed E-state index contributed by atoms with van der Waals surface area (Å²) >= 11 is 0. The van der Waals surface area contributed by atoms with Gasteiger partial charge in [-0.1, -0.05) is 12.1 Å². The Hall–Kier alpha value is -1.42. The topological polar surface area (TPSA) is 35.5 Å². The van der Waals surface area contributed by atoms with Gasteiger partial charge in [-0.15, -0.1) is 0 Å². The van der Waals surface area contributed by atoms with Gasteiger partial charge < -0.3 is 9.47 Å². The number of benzene rings is 1. The molecule has 0 aromatic heterocycles. The first-order valence-electron chi connectivity index (χ1n) is 5.19. The first-order valence-corrected chi connectivity index (χ1v) is 5.19. The van der Waals surface area contributed by atoms with Crippen molar-refractivity contribution >= 4 is 5.97 Å². The van der Waals surface area contributed by atoms with Crippen LogP contribution in [-0.4, -0.2) is 18.7 Å². The standard InChI is InChI=1S/C12H13FO3/c1-8(14)16-11-6-12(15-7-11)9-2-4-10(13)5-3-9/h2-5,11-12H,6-7H2,1H3/t11-,12-/m0/s1. The smallest absolute Gasteiger partial charge is 0.302 e. The minimum Gasteiger partial charge on any atom is -0.460 e. The molecule has 0 unspecified atom stereocenters. The van der Waals surface area contributed by atoms with Crippen LogP contribution in [0, 0.1) is 5.82 Å². The third-order valence-electron chi connectivity index (χ3n) is 2.53.